The van der Waals surface area contributed by atoms with Crippen LogP contribution in [0.1, 0.15) is 0 Å². The molecule has 0 amide bonds. The molecular formula is C16H8Br2N2S2. The normalized spacial score (nSPS) is 11.2. The monoisotopic (exact) mass is 450 g/mol. The van der Waals surface area contributed by atoms with Crippen LogP contribution in [0, 0.1) is 0 Å². The second kappa shape index (κ2) is 5.85. The molecule has 2 nitrogen and oxygen atoms in total. The smallest absolute Gasteiger partial charge is 0.155 e. The predicted octanol–water partition coefficient (Wildman–Crippen LogP) is 6.61. The highest BCUT2D eigenvalue weighted by Crippen LogP contribution is 2.37. The first-order chi connectivity index (χ1) is 10.7. The lowest BCUT2D eigenvalue weighted by Crippen LogP contribution is -1.76. The molecule has 0 saturated carbocycles. The van der Waals surface area contributed by atoms with Crippen molar-refractivity contribution in [3.63, 3.8) is 0 Å². The molecule has 0 unspecified atom stereocenters. The first-order valence-corrected chi connectivity index (χ1v) is 9.70. The van der Waals surface area contributed by atoms with Crippen LogP contribution in [-0.2, 0) is 0 Å². The summed E-state index contributed by atoms with van der Waals surface area (Å²) in [6, 6.07) is 16.4. The van der Waals surface area contributed by atoms with E-state index >= 15 is 0 Å². The zero-order valence-electron chi connectivity index (χ0n) is 11.1. The first-order valence-electron chi connectivity index (χ1n) is 6.48. The Kier molecular flexibility index (Phi) is 3.86. The van der Waals surface area contributed by atoms with Crippen LogP contribution in [0.25, 0.3) is 30.8 Å². The number of thiazole rings is 2. The summed E-state index contributed by atoms with van der Waals surface area (Å²) in [5.74, 6) is 0. The highest BCUT2D eigenvalue weighted by Gasteiger charge is 2.13. The molecule has 22 heavy (non-hydrogen) atoms. The van der Waals surface area contributed by atoms with Crippen LogP contribution in [0.4, 0.5) is 0 Å². The van der Waals surface area contributed by atoms with Crippen LogP contribution in [0.3, 0.4) is 0 Å². The largest absolute Gasteiger partial charge is 0.223 e. The van der Waals surface area contributed by atoms with Crippen molar-refractivity contribution < 1.29 is 0 Å². The highest BCUT2D eigenvalue weighted by atomic mass is 79.9. The van der Waals surface area contributed by atoms with Gasteiger partial charge in [0.15, 0.2) is 9.66 Å². The van der Waals surface area contributed by atoms with E-state index in [0.29, 0.717) is 0 Å². The average Bonchev–Trinajstić information content (AvgIpc) is 3.05. The molecule has 0 aliphatic rings. The Labute approximate surface area is 152 Å². The third-order valence-electron chi connectivity index (χ3n) is 3.12. The molecule has 0 aliphatic carbocycles. The Morgan fingerprint density at radius 1 is 0.682 bits per heavy atom. The van der Waals surface area contributed by atoms with Gasteiger partial charge in [-0.1, -0.05) is 78.8 Å². The molecule has 2 aromatic carbocycles. The molecule has 0 fully saturated rings. The minimum Gasteiger partial charge on any atom is -0.223 e. The number of rotatable bonds is 2. The van der Waals surface area contributed by atoms with E-state index in [2.05, 4.69) is 56.1 Å². The Hall–Kier alpha value is -1.08. The molecule has 0 bridgehead atoms. The maximum absolute atomic E-state index is 4.73. The van der Waals surface area contributed by atoms with Gasteiger partial charge in [-0.2, -0.15) is 0 Å². The van der Waals surface area contributed by atoms with E-state index < -0.39 is 0 Å². The van der Waals surface area contributed by atoms with E-state index in [9.17, 15) is 0 Å². The van der Waals surface area contributed by atoms with Gasteiger partial charge in [-0.05, 0) is 24.3 Å². The molecule has 0 atom stereocenters. The Balaban J connectivity index is 1.77. The van der Waals surface area contributed by atoms with Gasteiger partial charge in [-0.3, -0.25) is 0 Å². The Bertz CT molecular complexity index is 869. The van der Waals surface area contributed by atoms with Crippen LogP contribution < -0.4 is 0 Å². The number of hydrogen-bond donors (Lipinski definition) is 0. The molecule has 0 radical (unpaired) electrons. The first kappa shape index (κ1) is 14.5. The van der Waals surface area contributed by atoms with Crippen molar-refractivity contribution in [2.75, 3.05) is 0 Å². The lowest BCUT2D eigenvalue weighted by Gasteiger charge is -1.97. The molecule has 0 spiro atoms. The van der Waals surface area contributed by atoms with Gasteiger partial charge in [-0.15, -0.1) is 0 Å². The standard InChI is InChI=1S/C16H8Br2N2S2/c17-11-5-1-3-9(7-11)13-19-15-16(21-13)20-14(22-15)10-4-2-6-12(18)8-10/h1-8H. The van der Waals surface area contributed by atoms with Crippen LogP contribution in [0.15, 0.2) is 57.5 Å². The lowest BCUT2D eigenvalue weighted by atomic mass is 10.2. The molecule has 6 heteroatoms. The van der Waals surface area contributed by atoms with E-state index in [4.69, 9.17) is 9.97 Å². The van der Waals surface area contributed by atoms with Crippen molar-refractivity contribution >= 4 is 64.2 Å². The van der Waals surface area contributed by atoms with Crippen molar-refractivity contribution in [3.05, 3.63) is 57.5 Å². The van der Waals surface area contributed by atoms with Crippen molar-refractivity contribution in [2.45, 2.75) is 0 Å². The summed E-state index contributed by atoms with van der Waals surface area (Å²) >= 11 is 10.3. The predicted molar refractivity (Wildman–Crippen MR) is 102 cm³/mol. The molecule has 4 aromatic rings. The third-order valence-corrected chi connectivity index (χ3v) is 6.23. The molecule has 2 aromatic heterocycles. The second-order valence-electron chi connectivity index (χ2n) is 4.67. The Morgan fingerprint density at radius 3 is 1.55 bits per heavy atom. The fourth-order valence-electron chi connectivity index (χ4n) is 2.13. The number of nitrogens with zero attached hydrogens (tertiary/aromatic N) is 2. The second-order valence-corrected chi connectivity index (χ2v) is 8.46. The Morgan fingerprint density at radius 2 is 1.14 bits per heavy atom. The van der Waals surface area contributed by atoms with Gasteiger partial charge < -0.3 is 0 Å². The lowest BCUT2D eigenvalue weighted by molar-refractivity contribution is 1.48. The fourth-order valence-corrected chi connectivity index (χ4v) is 4.97. The molecule has 0 N–H and O–H groups in total. The van der Waals surface area contributed by atoms with E-state index in [1.54, 1.807) is 22.7 Å². The zero-order valence-corrected chi connectivity index (χ0v) is 15.9. The van der Waals surface area contributed by atoms with E-state index in [1.807, 2.05) is 24.3 Å². The fraction of sp³-hybridized carbons (Fsp3) is 0. The summed E-state index contributed by atoms with van der Waals surface area (Å²) in [6.45, 7) is 0. The topological polar surface area (TPSA) is 25.8 Å². The van der Waals surface area contributed by atoms with Gasteiger partial charge in [0.2, 0.25) is 0 Å². The van der Waals surface area contributed by atoms with E-state index in [-0.39, 0.29) is 0 Å². The van der Waals surface area contributed by atoms with Gasteiger partial charge >= 0.3 is 0 Å². The van der Waals surface area contributed by atoms with Crippen molar-refractivity contribution in [2.24, 2.45) is 0 Å². The SMILES string of the molecule is Brc1cccc(-c2nc3sc(-c4cccc(Br)c4)nc3s2)c1. The van der Waals surface area contributed by atoms with E-state index in [1.165, 1.54) is 0 Å². The number of hydrogen-bond acceptors (Lipinski definition) is 4. The summed E-state index contributed by atoms with van der Waals surface area (Å²) in [5.41, 5.74) is 2.24. The summed E-state index contributed by atoms with van der Waals surface area (Å²) in [4.78, 5) is 11.5. The van der Waals surface area contributed by atoms with E-state index in [0.717, 1.165) is 39.7 Å². The van der Waals surface area contributed by atoms with Gasteiger partial charge in [0.25, 0.3) is 0 Å². The molecule has 4 rings (SSSR count). The van der Waals surface area contributed by atoms with Crippen LogP contribution in [0.5, 0.6) is 0 Å². The van der Waals surface area contributed by atoms with Crippen molar-refractivity contribution in [3.8, 4) is 21.1 Å². The van der Waals surface area contributed by atoms with Crippen LogP contribution in [0.2, 0.25) is 0 Å². The molecule has 0 aliphatic heterocycles. The van der Waals surface area contributed by atoms with Gasteiger partial charge in [0.05, 0.1) is 0 Å². The molecule has 0 saturated heterocycles. The molecular weight excluding hydrogens is 444 g/mol. The number of fused-ring (bicyclic) bond motifs is 1. The molecule has 108 valence electrons. The molecule has 2 heterocycles. The summed E-state index contributed by atoms with van der Waals surface area (Å²) in [5, 5.41) is 2.02. The van der Waals surface area contributed by atoms with Crippen molar-refractivity contribution in [1.82, 2.24) is 9.97 Å². The van der Waals surface area contributed by atoms with Gasteiger partial charge in [-0.25, -0.2) is 9.97 Å². The highest BCUT2D eigenvalue weighted by molar-refractivity contribution is 9.10. The zero-order chi connectivity index (χ0) is 15.1. The summed E-state index contributed by atoms with van der Waals surface area (Å²) in [7, 11) is 0. The van der Waals surface area contributed by atoms with Gasteiger partial charge in [0, 0.05) is 20.1 Å². The van der Waals surface area contributed by atoms with Crippen LogP contribution >= 0.6 is 54.5 Å². The summed E-state index contributed by atoms with van der Waals surface area (Å²) < 4.78 is 2.12. The maximum atomic E-state index is 4.73. The summed E-state index contributed by atoms with van der Waals surface area (Å²) in [6.07, 6.45) is 0. The minimum absolute atomic E-state index is 0.995. The average molecular weight is 452 g/mol. The minimum atomic E-state index is 0.995. The number of benzene rings is 2. The number of halogens is 2. The van der Waals surface area contributed by atoms with Crippen molar-refractivity contribution in [1.29, 1.82) is 0 Å². The maximum Gasteiger partial charge on any atom is 0.155 e. The van der Waals surface area contributed by atoms with Crippen LogP contribution in [-0.4, -0.2) is 9.97 Å². The number of aromatic nitrogens is 2. The quantitative estimate of drug-likeness (QED) is 0.342. The third kappa shape index (κ3) is 2.76. The van der Waals surface area contributed by atoms with Gasteiger partial charge in [0.1, 0.15) is 10.0 Å².